The van der Waals surface area contributed by atoms with Gasteiger partial charge in [-0.1, -0.05) is 42.5 Å². The Morgan fingerprint density at radius 3 is 2.58 bits per heavy atom. The van der Waals surface area contributed by atoms with Crippen LogP contribution in [-0.2, 0) is 6.54 Å². The van der Waals surface area contributed by atoms with E-state index in [1.54, 1.807) is 18.3 Å². The van der Waals surface area contributed by atoms with Crippen molar-refractivity contribution in [3.63, 3.8) is 0 Å². The van der Waals surface area contributed by atoms with Gasteiger partial charge in [0.1, 0.15) is 5.75 Å². The summed E-state index contributed by atoms with van der Waals surface area (Å²) in [5.74, 6) is -0.547. The van der Waals surface area contributed by atoms with Crippen molar-refractivity contribution in [1.29, 1.82) is 0 Å². The number of carbonyl (C=O) groups excluding carboxylic acids is 1. The number of nitrogens with zero attached hydrogens (tertiary/aromatic N) is 3. The van der Waals surface area contributed by atoms with Gasteiger partial charge in [0, 0.05) is 11.3 Å². The van der Waals surface area contributed by atoms with Gasteiger partial charge < -0.3 is 5.11 Å². The second-order valence-electron chi connectivity index (χ2n) is 5.94. The molecular formula is C20H20N4O2. The van der Waals surface area contributed by atoms with Gasteiger partial charge in [0.2, 0.25) is 0 Å². The number of para-hydroxylation sites is 1. The summed E-state index contributed by atoms with van der Waals surface area (Å²) in [6, 6.07) is 16.4. The lowest BCUT2D eigenvalue weighted by atomic mass is 10.2. The van der Waals surface area contributed by atoms with E-state index in [1.165, 1.54) is 12.1 Å². The number of hydrogen-bond donors (Lipinski definition) is 2. The predicted molar refractivity (Wildman–Crippen MR) is 100 cm³/mol. The lowest BCUT2D eigenvalue weighted by molar-refractivity contribution is 0.0952. The van der Waals surface area contributed by atoms with Crippen LogP contribution in [0.5, 0.6) is 5.75 Å². The molecule has 6 nitrogen and oxygen atoms in total. The number of amides is 1. The molecule has 0 saturated carbocycles. The summed E-state index contributed by atoms with van der Waals surface area (Å²) in [6.07, 6.45) is 1.58. The number of phenols is 1. The molecule has 0 radical (unpaired) electrons. The molecule has 3 rings (SSSR count). The van der Waals surface area contributed by atoms with Crippen LogP contribution >= 0.6 is 0 Å². The van der Waals surface area contributed by atoms with Crippen LogP contribution in [0, 0.1) is 13.8 Å². The lowest BCUT2D eigenvalue weighted by Gasteiger charge is -2.04. The molecule has 3 aromatic rings. The molecule has 1 heterocycles. The molecule has 0 bridgehead atoms. The number of carbonyl (C=O) groups is 1. The van der Waals surface area contributed by atoms with Crippen molar-refractivity contribution in [1.82, 2.24) is 15.2 Å². The summed E-state index contributed by atoms with van der Waals surface area (Å²) in [4.78, 5) is 12.1. The first-order valence-electron chi connectivity index (χ1n) is 8.25. The van der Waals surface area contributed by atoms with E-state index in [9.17, 15) is 9.90 Å². The smallest absolute Gasteiger partial charge is 0.275 e. The average Bonchev–Trinajstić information content (AvgIpc) is 2.90. The number of hydrogen-bond acceptors (Lipinski definition) is 4. The Balaban J connectivity index is 1.73. The highest BCUT2D eigenvalue weighted by atomic mass is 16.3. The van der Waals surface area contributed by atoms with E-state index in [2.05, 4.69) is 27.8 Å². The topological polar surface area (TPSA) is 79.5 Å². The number of aryl methyl sites for hydroxylation is 1. The van der Waals surface area contributed by atoms with E-state index in [1.807, 2.05) is 36.7 Å². The fourth-order valence-electron chi connectivity index (χ4n) is 2.69. The van der Waals surface area contributed by atoms with Crippen LogP contribution in [0.4, 0.5) is 0 Å². The molecule has 1 amide bonds. The maximum Gasteiger partial charge on any atom is 0.275 e. The highest BCUT2D eigenvalue weighted by Crippen LogP contribution is 2.15. The van der Waals surface area contributed by atoms with E-state index in [-0.39, 0.29) is 11.3 Å². The maximum absolute atomic E-state index is 12.1. The highest BCUT2D eigenvalue weighted by Gasteiger charge is 2.11. The molecule has 2 N–H and O–H groups in total. The van der Waals surface area contributed by atoms with Gasteiger partial charge >= 0.3 is 0 Å². The number of rotatable bonds is 5. The first kappa shape index (κ1) is 17.4. The van der Waals surface area contributed by atoms with E-state index in [0.29, 0.717) is 6.54 Å². The largest absolute Gasteiger partial charge is 0.507 e. The molecule has 132 valence electrons. The molecule has 0 saturated heterocycles. The zero-order valence-corrected chi connectivity index (χ0v) is 14.7. The van der Waals surface area contributed by atoms with Crippen LogP contribution in [0.25, 0.3) is 0 Å². The highest BCUT2D eigenvalue weighted by molar-refractivity contribution is 5.97. The normalized spacial score (nSPS) is 11.0. The number of aromatic nitrogens is 2. The molecule has 6 heteroatoms. The number of hydrazone groups is 1. The third-order valence-corrected chi connectivity index (χ3v) is 4.12. The third kappa shape index (κ3) is 3.80. The Morgan fingerprint density at radius 2 is 1.85 bits per heavy atom. The number of aromatic hydroxyl groups is 1. The summed E-state index contributed by atoms with van der Waals surface area (Å²) in [6.45, 7) is 4.54. The monoisotopic (exact) mass is 348 g/mol. The summed E-state index contributed by atoms with van der Waals surface area (Å²) in [5, 5.41) is 18.3. The van der Waals surface area contributed by atoms with Crippen LogP contribution in [-0.4, -0.2) is 27.0 Å². The summed E-state index contributed by atoms with van der Waals surface area (Å²) < 4.78 is 1.91. The molecule has 0 aliphatic rings. The van der Waals surface area contributed by atoms with Gasteiger partial charge in [0.25, 0.3) is 5.91 Å². The van der Waals surface area contributed by atoms with Crippen molar-refractivity contribution < 1.29 is 9.90 Å². The Morgan fingerprint density at radius 1 is 1.15 bits per heavy atom. The van der Waals surface area contributed by atoms with Gasteiger partial charge in [0.05, 0.1) is 24.0 Å². The molecule has 0 spiro atoms. The summed E-state index contributed by atoms with van der Waals surface area (Å²) in [5.41, 5.74) is 6.43. The van der Waals surface area contributed by atoms with E-state index >= 15 is 0 Å². The van der Waals surface area contributed by atoms with Crippen LogP contribution in [0.2, 0.25) is 0 Å². The van der Waals surface area contributed by atoms with E-state index in [4.69, 9.17) is 0 Å². The first-order chi connectivity index (χ1) is 12.6. The molecule has 26 heavy (non-hydrogen) atoms. The second-order valence-corrected chi connectivity index (χ2v) is 5.94. The van der Waals surface area contributed by atoms with Gasteiger partial charge in [-0.25, -0.2) is 5.43 Å². The molecular weight excluding hydrogens is 328 g/mol. The Hall–Kier alpha value is -3.41. The summed E-state index contributed by atoms with van der Waals surface area (Å²) >= 11 is 0. The van der Waals surface area contributed by atoms with Crippen molar-refractivity contribution in [2.75, 3.05) is 0 Å². The zero-order chi connectivity index (χ0) is 18.5. The van der Waals surface area contributed by atoms with Crippen molar-refractivity contribution in [2.24, 2.45) is 5.10 Å². The minimum Gasteiger partial charge on any atom is -0.507 e. The maximum atomic E-state index is 12.1. The molecule has 0 unspecified atom stereocenters. The Labute approximate surface area is 151 Å². The minimum absolute atomic E-state index is 0.0803. The van der Waals surface area contributed by atoms with Crippen LogP contribution in [0.1, 0.15) is 32.9 Å². The van der Waals surface area contributed by atoms with Gasteiger partial charge in [0.15, 0.2) is 0 Å². The molecule has 0 atom stereocenters. The molecule has 0 aliphatic heterocycles. The second kappa shape index (κ2) is 7.65. The average molecular weight is 348 g/mol. The number of nitrogens with one attached hydrogen (secondary N) is 1. The lowest BCUT2D eigenvalue weighted by Crippen LogP contribution is -2.17. The van der Waals surface area contributed by atoms with Gasteiger partial charge in [-0.2, -0.15) is 10.2 Å². The van der Waals surface area contributed by atoms with Crippen molar-refractivity contribution in [3.8, 4) is 5.75 Å². The Kier molecular flexibility index (Phi) is 5.12. The standard InChI is InChI=1S/C20H20N4O2/c1-14-18(12-21-22-20(26)17-10-6-7-11-19(17)25)15(2)24(23-14)13-16-8-4-3-5-9-16/h3-12,25H,13H2,1-2H3,(H,22,26)/b21-12-. The van der Waals surface area contributed by atoms with Crippen LogP contribution < -0.4 is 5.43 Å². The van der Waals surface area contributed by atoms with Crippen LogP contribution in [0.3, 0.4) is 0 Å². The molecule has 0 aliphatic carbocycles. The van der Waals surface area contributed by atoms with Crippen molar-refractivity contribution in [3.05, 3.63) is 82.7 Å². The molecule has 1 aromatic heterocycles. The van der Waals surface area contributed by atoms with Crippen molar-refractivity contribution >= 4 is 12.1 Å². The minimum atomic E-state index is -0.466. The van der Waals surface area contributed by atoms with E-state index in [0.717, 1.165) is 22.5 Å². The summed E-state index contributed by atoms with van der Waals surface area (Å²) in [7, 11) is 0. The first-order valence-corrected chi connectivity index (χ1v) is 8.25. The van der Waals surface area contributed by atoms with Crippen LogP contribution in [0.15, 0.2) is 59.7 Å². The number of phenolic OH excluding ortho intramolecular Hbond substituents is 1. The molecule has 2 aromatic carbocycles. The predicted octanol–water partition coefficient (Wildman–Crippen LogP) is 3.02. The van der Waals surface area contributed by atoms with Gasteiger partial charge in [-0.15, -0.1) is 0 Å². The third-order valence-electron chi connectivity index (χ3n) is 4.12. The quantitative estimate of drug-likeness (QED) is 0.549. The Bertz CT molecular complexity index is 946. The fraction of sp³-hybridized carbons (Fsp3) is 0.150. The van der Waals surface area contributed by atoms with Gasteiger partial charge in [-0.3, -0.25) is 9.48 Å². The zero-order valence-electron chi connectivity index (χ0n) is 14.7. The van der Waals surface area contributed by atoms with Gasteiger partial charge in [-0.05, 0) is 31.5 Å². The number of benzene rings is 2. The fourth-order valence-corrected chi connectivity index (χ4v) is 2.69. The molecule has 0 fully saturated rings. The van der Waals surface area contributed by atoms with E-state index < -0.39 is 5.91 Å². The SMILES string of the molecule is Cc1nn(Cc2ccccc2)c(C)c1/C=N\NC(=O)c1ccccc1O. The van der Waals surface area contributed by atoms with Crippen molar-refractivity contribution in [2.45, 2.75) is 20.4 Å².